The zero-order chi connectivity index (χ0) is 14.9. The highest BCUT2D eigenvalue weighted by Gasteiger charge is 2.34. The van der Waals surface area contributed by atoms with E-state index in [9.17, 15) is 8.42 Å². The van der Waals surface area contributed by atoms with Crippen LogP contribution in [0.4, 0.5) is 0 Å². The summed E-state index contributed by atoms with van der Waals surface area (Å²) in [5, 5.41) is -0.0170. The van der Waals surface area contributed by atoms with Crippen LogP contribution in [0.15, 0.2) is 52.0 Å². The first-order chi connectivity index (χ1) is 10.1. The van der Waals surface area contributed by atoms with Gasteiger partial charge in [0, 0.05) is 13.1 Å². The third-order valence-corrected chi connectivity index (χ3v) is 5.59. The second kappa shape index (κ2) is 5.63. The fraction of sp³-hybridized carbons (Fsp3) is 0.333. The van der Waals surface area contributed by atoms with Gasteiger partial charge in [0.05, 0.1) is 6.54 Å². The first-order valence-corrected chi connectivity index (χ1v) is 8.39. The van der Waals surface area contributed by atoms with E-state index >= 15 is 0 Å². The summed E-state index contributed by atoms with van der Waals surface area (Å²) >= 11 is 0. The molecule has 1 aliphatic heterocycles. The Balaban J connectivity index is 1.79. The van der Waals surface area contributed by atoms with Gasteiger partial charge in [-0.2, -0.15) is 4.31 Å². The van der Waals surface area contributed by atoms with E-state index in [-0.39, 0.29) is 17.6 Å². The van der Waals surface area contributed by atoms with Crippen molar-refractivity contribution in [2.45, 2.75) is 24.0 Å². The molecule has 0 aliphatic carbocycles. The monoisotopic (exact) mass is 306 g/mol. The SMILES string of the molecule is NCc1ccc(S(=O)(=O)N2CCC(c3ccccc3)C2)o1. The molecule has 0 radical (unpaired) electrons. The highest BCUT2D eigenvalue weighted by atomic mass is 32.2. The fourth-order valence-corrected chi connectivity index (χ4v) is 4.11. The molecule has 0 spiro atoms. The van der Waals surface area contributed by atoms with Crippen LogP contribution in [-0.4, -0.2) is 25.8 Å². The molecule has 1 aromatic heterocycles. The first kappa shape index (κ1) is 14.3. The predicted molar refractivity (Wildman–Crippen MR) is 79.2 cm³/mol. The van der Waals surface area contributed by atoms with Crippen LogP contribution in [0.1, 0.15) is 23.7 Å². The van der Waals surface area contributed by atoms with E-state index in [1.165, 1.54) is 15.9 Å². The molecule has 1 saturated heterocycles. The summed E-state index contributed by atoms with van der Waals surface area (Å²) in [6.45, 7) is 1.20. The highest BCUT2D eigenvalue weighted by Crippen LogP contribution is 2.31. The van der Waals surface area contributed by atoms with Gasteiger partial charge in [0.15, 0.2) is 0 Å². The van der Waals surface area contributed by atoms with Crippen molar-refractivity contribution in [3.63, 3.8) is 0 Å². The van der Waals surface area contributed by atoms with Crippen LogP contribution in [-0.2, 0) is 16.6 Å². The average molecular weight is 306 g/mol. The van der Waals surface area contributed by atoms with E-state index < -0.39 is 10.0 Å². The van der Waals surface area contributed by atoms with E-state index in [1.54, 1.807) is 6.07 Å². The summed E-state index contributed by atoms with van der Waals surface area (Å²) in [7, 11) is -3.56. The third kappa shape index (κ3) is 2.74. The van der Waals surface area contributed by atoms with Crippen LogP contribution in [0, 0.1) is 0 Å². The number of furan rings is 1. The van der Waals surface area contributed by atoms with Gasteiger partial charge in [0.25, 0.3) is 10.0 Å². The van der Waals surface area contributed by atoms with Crippen molar-refractivity contribution in [2.24, 2.45) is 5.73 Å². The molecule has 6 heteroatoms. The minimum Gasteiger partial charge on any atom is -0.447 e. The number of nitrogens with zero attached hydrogens (tertiary/aromatic N) is 1. The zero-order valence-corrected chi connectivity index (χ0v) is 12.4. The molecule has 5 nitrogen and oxygen atoms in total. The molecule has 1 atom stereocenters. The Morgan fingerprint density at radius 1 is 1.19 bits per heavy atom. The van der Waals surface area contributed by atoms with Gasteiger partial charge >= 0.3 is 0 Å². The van der Waals surface area contributed by atoms with Gasteiger partial charge < -0.3 is 10.2 Å². The Hall–Kier alpha value is -1.63. The van der Waals surface area contributed by atoms with Gasteiger partial charge in [-0.25, -0.2) is 8.42 Å². The van der Waals surface area contributed by atoms with E-state index in [0.29, 0.717) is 18.8 Å². The maximum atomic E-state index is 12.5. The normalized spacial score (nSPS) is 20.0. The molecule has 0 amide bonds. The van der Waals surface area contributed by atoms with Crippen molar-refractivity contribution in [3.8, 4) is 0 Å². The first-order valence-electron chi connectivity index (χ1n) is 6.95. The summed E-state index contributed by atoms with van der Waals surface area (Å²) in [6, 6.07) is 13.1. The number of sulfonamides is 1. The molecule has 1 unspecified atom stereocenters. The maximum absolute atomic E-state index is 12.5. The molecule has 1 aromatic carbocycles. The van der Waals surface area contributed by atoms with Crippen LogP contribution < -0.4 is 5.73 Å². The lowest BCUT2D eigenvalue weighted by Crippen LogP contribution is -2.28. The van der Waals surface area contributed by atoms with Gasteiger partial charge in [0.1, 0.15) is 5.76 Å². The minimum absolute atomic E-state index is 0.0170. The number of hydrogen-bond donors (Lipinski definition) is 1. The molecule has 2 N–H and O–H groups in total. The van der Waals surface area contributed by atoms with Crippen molar-refractivity contribution in [2.75, 3.05) is 13.1 Å². The molecule has 1 fully saturated rings. The Morgan fingerprint density at radius 3 is 2.62 bits per heavy atom. The van der Waals surface area contributed by atoms with Crippen LogP contribution in [0.5, 0.6) is 0 Å². The van der Waals surface area contributed by atoms with Gasteiger partial charge in [-0.15, -0.1) is 0 Å². The van der Waals surface area contributed by atoms with Crippen molar-refractivity contribution in [1.82, 2.24) is 4.31 Å². The van der Waals surface area contributed by atoms with Gasteiger partial charge in [-0.05, 0) is 30.0 Å². The number of rotatable bonds is 4. The van der Waals surface area contributed by atoms with Crippen molar-refractivity contribution in [3.05, 3.63) is 53.8 Å². The summed E-state index contributed by atoms with van der Waals surface area (Å²) in [6.07, 6.45) is 0.827. The fourth-order valence-electron chi connectivity index (χ4n) is 2.68. The quantitative estimate of drug-likeness (QED) is 0.936. The molecule has 3 rings (SSSR count). The third-order valence-electron chi connectivity index (χ3n) is 3.85. The van der Waals surface area contributed by atoms with Gasteiger partial charge in [0.2, 0.25) is 5.09 Å². The smallest absolute Gasteiger partial charge is 0.276 e. The summed E-state index contributed by atoms with van der Waals surface area (Å²) in [4.78, 5) is 0. The lowest BCUT2D eigenvalue weighted by atomic mass is 9.99. The van der Waals surface area contributed by atoms with E-state index in [4.69, 9.17) is 10.2 Å². The topological polar surface area (TPSA) is 76.5 Å². The van der Waals surface area contributed by atoms with Crippen LogP contribution in [0.3, 0.4) is 0 Å². The molecule has 0 bridgehead atoms. The maximum Gasteiger partial charge on any atom is 0.276 e. The number of hydrogen-bond acceptors (Lipinski definition) is 4. The Bertz CT molecular complexity index is 710. The lowest BCUT2D eigenvalue weighted by Gasteiger charge is -2.15. The van der Waals surface area contributed by atoms with Crippen molar-refractivity contribution >= 4 is 10.0 Å². The molecular weight excluding hydrogens is 288 g/mol. The summed E-state index contributed by atoms with van der Waals surface area (Å²) in [5.74, 6) is 0.720. The van der Waals surface area contributed by atoms with Crippen LogP contribution in [0.25, 0.3) is 0 Å². The largest absolute Gasteiger partial charge is 0.447 e. The molecule has 1 aliphatic rings. The number of benzene rings is 1. The van der Waals surface area contributed by atoms with Crippen molar-refractivity contribution < 1.29 is 12.8 Å². The molecule has 0 saturated carbocycles. The zero-order valence-electron chi connectivity index (χ0n) is 11.6. The minimum atomic E-state index is -3.56. The summed E-state index contributed by atoms with van der Waals surface area (Å²) in [5.41, 5.74) is 6.63. The summed E-state index contributed by atoms with van der Waals surface area (Å²) < 4.78 is 31.9. The molecule has 112 valence electrons. The van der Waals surface area contributed by atoms with Gasteiger partial charge in [-0.1, -0.05) is 30.3 Å². The Labute approximate surface area is 124 Å². The lowest BCUT2D eigenvalue weighted by molar-refractivity contribution is 0.389. The van der Waals surface area contributed by atoms with E-state index in [0.717, 1.165) is 6.42 Å². The second-order valence-corrected chi connectivity index (χ2v) is 7.05. The highest BCUT2D eigenvalue weighted by molar-refractivity contribution is 7.89. The standard InChI is InChI=1S/C15H18N2O3S/c16-10-14-6-7-15(20-14)21(18,19)17-9-8-13(11-17)12-4-2-1-3-5-12/h1-7,13H,8-11,16H2. The van der Waals surface area contributed by atoms with E-state index in [1.807, 2.05) is 30.3 Å². The van der Waals surface area contributed by atoms with Gasteiger partial charge in [-0.3, -0.25) is 0 Å². The number of nitrogens with two attached hydrogens (primary N) is 1. The average Bonchev–Trinajstić information content (AvgIpc) is 3.18. The Kier molecular flexibility index (Phi) is 3.84. The molecule has 2 heterocycles. The second-order valence-electron chi connectivity index (χ2n) is 5.18. The van der Waals surface area contributed by atoms with Crippen LogP contribution >= 0.6 is 0 Å². The molecular formula is C15H18N2O3S. The van der Waals surface area contributed by atoms with Crippen molar-refractivity contribution in [1.29, 1.82) is 0 Å². The molecule has 21 heavy (non-hydrogen) atoms. The van der Waals surface area contributed by atoms with E-state index in [2.05, 4.69) is 0 Å². The predicted octanol–water partition coefficient (Wildman–Crippen LogP) is 1.92. The molecule has 2 aromatic rings. The van der Waals surface area contributed by atoms with Crippen LogP contribution in [0.2, 0.25) is 0 Å². The Morgan fingerprint density at radius 2 is 1.95 bits per heavy atom.